The van der Waals surface area contributed by atoms with Gasteiger partial charge in [-0.05, 0) is 30.2 Å². The molecule has 0 aliphatic heterocycles. The molecule has 0 bridgehead atoms. The zero-order valence-electron chi connectivity index (χ0n) is 14.6. The number of nitro groups is 1. The van der Waals surface area contributed by atoms with Crippen LogP contribution in [0.25, 0.3) is 0 Å². The van der Waals surface area contributed by atoms with Gasteiger partial charge >= 0.3 is 0 Å². The van der Waals surface area contributed by atoms with Crippen LogP contribution in [0.15, 0.2) is 36.4 Å². The van der Waals surface area contributed by atoms with Crippen molar-refractivity contribution in [3.63, 3.8) is 0 Å². The number of carbonyl (C=O) groups excluding carboxylic acids is 1. The van der Waals surface area contributed by atoms with Crippen molar-refractivity contribution in [2.24, 2.45) is 5.73 Å². The number of nitrogens with one attached hydrogen (secondary N) is 1. The summed E-state index contributed by atoms with van der Waals surface area (Å²) >= 11 is 5.94. The molecule has 1 amide bonds. The third-order valence-corrected chi connectivity index (χ3v) is 4.04. The molecular formula is C18H19ClFN3O4. The number of ether oxygens (including phenoxy) is 1. The van der Waals surface area contributed by atoms with Crippen LogP contribution in [0.2, 0.25) is 5.02 Å². The van der Waals surface area contributed by atoms with Crippen molar-refractivity contribution < 1.29 is 18.8 Å². The van der Waals surface area contributed by atoms with Gasteiger partial charge in [-0.15, -0.1) is 0 Å². The summed E-state index contributed by atoms with van der Waals surface area (Å²) in [6, 6.07) is 7.24. The van der Waals surface area contributed by atoms with Crippen LogP contribution in [0.3, 0.4) is 0 Å². The van der Waals surface area contributed by atoms with E-state index in [1.165, 1.54) is 24.3 Å². The Balaban J connectivity index is 2.04. The average molecular weight is 396 g/mol. The Labute approximate surface area is 160 Å². The van der Waals surface area contributed by atoms with Gasteiger partial charge in [0.05, 0.1) is 16.0 Å². The lowest BCUT2D eigenvalue weighted by molar-refractivity contribution is -0.384. The van der Waals surface area contributed by atoms with Crippen LogP contribution in [0.1, 0.15) is 25.3 Å². The van der Waals surface area contributed by atoms with Gasteiger partial charge in [0, 0.05) is 18.7 Å². The van der Waals surface area contributed by atoms with Gasteiger partial charge in [-0.2, -0.15) is 0 Å². The summed E-state index contributed by atoms with van der Waals surface area (Å²) in [6.07, 6.45) is 1.36. The van der Waals surface area contributed by atoms with Crippen molar-refractivity contribution in [1.29, 1.82) is 0 Å². The van der Waals surface area contributed by atoms with E-state index in [0.717, 1.165) is 12.5 Å². The maximum absolute atomic E-state index is 14.3. The number of hydrogen-bond acceptors (Lipinski definition) is 5. The average Bonchev–Trinajstić information content (AvgIpc) is 2.63. The molecule has 2 rings (SSSR count). The topological polar surface area (TPSA) is 107 Å². The smallest absolute Gasteiger partial charge is 0.271 e. The lowest BCUT2D eigenvalue weighted by Crippen LogP contribution is -2.40. The molecule has 0 heterocycles. The Bertz CT molecular complexity index is 847. The van der Waals surface area contributed by atoms with E-state index >= 15 is 0 Å². The molecule has 0 saturated heterocycles. The molecule has 0 aliphatic rings. The molecule has 144 valence electrons. The zero-order valence-corrected chi connectivity index (χ0v) is 15.3. The molecule has 9 heteroatoms. The number of nitrogens with two attached hydrogens (primary N) is 1. The Morgan fingerprint density at radius 3 is 2.63 bits per heavy atom. The minimum Gasteiger partial charge on any atom is -0.453 e. The van der Waals surface area contributed by atoms with E-state index in [1.54, 1.807) is 6.07 Å². The minimum atomic E-state index is -0.658. The van der Waals surface area contributed by atoms with Crippen LogP contribution in [-0.2, 0) is 11.3 Å². The van der Waals surface area contributed by atoms with Crippen LogP contribution in [0.4, 0.5) is 10.1 Å². The quantitative estimate of drug-likeness (QED) is 0.520. The van der Waals surface area contributed by atoms with Crippen LogP contribution in [0, 0.1) is 15.9 Å². The van der Waals surface area contributed by atoms with E-state index in [-0.39, 0.29) is 34.7 Å². The molecule has 27 heavy (non-hydrogen) atoms. The molecule has 0 aliphatic carbocycles. The SMILES string of the molecule is CCCC(N)C(=O)NCc1ccc(Oc2ccc([N+](=O)[O-])cc2Cl)c(F)c1. The molecule has 1 atom stereocenters. The standard InChI is InChI=1S/C18H19ClFN3O4/c1-2-3-15(21)18(24)22-10-11-4-6-17(14(20)8-11)27-16-7-5-12(23(25)26)9-13(16)19/h4-9,15H,2-3,10,21H2,1H3,(H,22,24). The summed E-state index contributed by atoms with van der Waals surface area (Å²) in [6.45, 7) is 2.06. The Kier molecular flexibility index (Phi) is 7.09. The Hall–Kier alpha value is -2.71. The van der Waals surface area contributed by atoms with Crippen LogP contribution in [-0.4, -0.2) is 16.9 Å². The monoisotopic (exact) mass is 395 g/mol. The second-order valence-electron chi connectivity index (χ2n) is 5.85. The van der Waals surface area contributed by atoms with Crippen molar-refractivity contribution in [3.05, 3.63) is 62.9 Å². The highest BCUT2D eigenvalue weighted by molar-refractivity contribution is 6.32. The van der Waals surface area contributed by atoms with Gasteiger partial charge in [-0.25, -0.2) is 4.39 Å². The van der Waals surface area contributed by atoms with Gasteiger partial charge in [0.25, 0.3) is 5.69 Å². The summed E-state index contributed by atoms with van der Waals surface area (Å²) in [5, 5.41) is 13.4. The van der Waals surface area contributed by atoms with Crippen molar-refractivity contribution >= 4 is 23.2 Å². The van der Waals surface area contributed by atoms with Crippen LogP contribution < -0.4 is 15.8 Å². The maximum atomic E-state index is 14.3. The van der Waals surface area contributed by atoms with Crippen LogP contribution in [0.5, 0.6) is 11.5 Å². The number of halogens is 2. The predicted octanol–water partition coefficient (Wildman–Crippen LogP) is 3.92. The molecule has 0 spiro atoms. The fourth-order valence-electron chi connectivity index (χ4n) is 2.30. The molecule has 7 nitrogen and oxygen atoms in total. The normalized spacial score (nSPS) is 11.7. The first-order chi connectivity index (χ1) is 12.8. The Morgan fingerprint density at radius 1 is 1.33 bits per heavy atom. The third kappa shape index (κ3) is 5.63. The number of nitrogens with zero attached hydrogens (tertiary/aromatic N) is 1. The summed E-state index contributed by atoms with van der Waals surface area (Å²) in [5.41, 5.74) is 6.05. The van der Waals surface area contributed by atoms with Crippen molar-refractivity contribution in [3.8, 4) is 11.5 Å². The van der Waals surface area contributed by atoms with E-state index in [2.05, 4.69) is 5.32 Å². The third-order valence-electron chi connectivity index (χ3n) is 3.75. The van der Waals surface area contributed by atoms with E-state index in [0.29, 0.717) is 12.0 Å². The summed E-state index contributed by atoms with van der Waals surface area (Å²) in [4.78, 5) is 21.9. The number of non-ortho nitro benzene ring substituents is 1. The first-order valence-corrected chi connectivity index (χ1v) is 8.63. The van der Waals surface area contributed by atoms with E-state index in [9.17, 15) is 19.3 Å². The Morgan fingerprint density at radius 2 is 2.04 bits per heavy atom. The molecule has 0 fully saturated rings. The first kappa shape index (κ1) is 20.6. The van der Waals surface area contributed by atoms with Gasteiger partial charge in [0.1, 0.15) is 5.75 Å². The van der Waals surface area contributed by atoms with Gasteiger partial charge < -0.3 is 15.8 Å². The molecule has 2 aromatic carbocycles. The van der Waals surface area contributed by atoms with Gasteiger partial charge in [-0.3, -0.25) is 14.9 Å². The summed E-state index contributed by atoms with van der Waals surface area (Å²) < 4.78 is 19.7. The molecule has 3 N–H and O–H groups in total. The molecule has 2 aromatic rings. The fourth-order valence-corrected chi connectivity index (χ4v) is 2.52. The number of hydrogen-bond donors (Lipinski definition) is 2. The summed E-state index contributed by atoms with van der Waals surface area (Å²) in [7, 11) is 0. The van der Waals surface area contributed by atoms with Crippen molar-refractivity contribution in [2.45, 2.75) is 32.4 Å². The second kappa shape index (κ2) is 9.29. The van der Waals surface area contributed by atoms with Crippen molar-refractivity contribution in [2.75, 3.05) is 0 Å². The molecule has 0 aromatic heterocycles. The minimum absolute atomic E-state index is 0.00940. The van der Waals surface area contributed by atoms with E-state index in [1.807, 2.05) is 6.92 Å². The lowest BCUT2D eigenvalue weighted by atomic mass is 10.1. The first-order valence-electron chi connectivity index (χ1n) is 8.25. The second-order valence-corrected chi connectivity index (χ2v) is 6.26. The number of carbonyl (C=O) groups is 1. The number of nitro benzene ring substituents is 1. The lowest BCUT2D eigenvalue weighted by Gasteiger charge is -2.12. The molecular weight excluding hydrogens is 377 g/mol. The van der Waals surface area contributed by atoms with E-state index < -0.39 is 16.8 Å². The summed E-state index contributed by atoms with van der Waals surface area (Å²) in [5.74, 6) is -0.958. The predicted molar refractivity (Wildman–Crippen MR) is 99.3 cm³/mol. The van der Waals surface area contributed by atoms with Gasteiger partial charge in [0.2, 0.25) is 5.91 Å². The van der Waals surface area contributed by atoms with Gasteiger partial charge in [-0.1, -0.05) is 31.0 Å². The maximum Gasteiger partial charge on any atom is 0.271 e. The highest BCUT2D eigenvalue weighted by Gasteiger charge is 2.14. The van der Waals surface area contributed by atoms with E-state index in [4.69, 9.17) is 22.1 Å². The highest BCUT2D eigenvalue weighted by atomic mass is 35.5. The molecule has 0 radical (unpaired) electrons. The zero-order chi connectivity index (χ0) is 20.0. The highest BCUT2D eigenvalue weighted by Crippen LogP contribution is 2.33. The number of benzene rings is 2. The largest absolute Gasteiger partial charge is 0.453 e. The van der Waals surface area contributed by atoms with Gasteiger partial charge in [0.15, 0.2) is 11.6 Å². The molecule has 1 unspecified atom stereocenters. The molecule has 0 saturated carbocycles. The van der Waals surface area contributed by atoms with Crippen LogP contribution >= 0.6 is 11.6 Å². The van der Waals surface area contributed by atoms with Crippen molar-refractivity contribution in [1.82, 2.24) is 5.32 Å². The fraction of sp³-hybridized carbons (Fsp3) is 0.278. The number of rotatable bonds is 8. The number of amides is 1.